The first-order chi connectivity index (χ1) is 19.7. The lowest BCUT2D eigenvalue weighted by Gasteiger charge is -2.58. The van der Waals surface area contributed by atoms with Crippen LogP contribution in [0.25, 0.3) is 33.8 Å². The molecule has 0 radical (unpaired) electrons. The van der Waals surface area contributed by atoms with Gasteiger partial charge in [-0.15, -0.1) is 0 Å². The van der Waals surface area contributed by atoms with Crippen molar-refractivity contribution in [1.82, 2.24) is 39.8 Å². The summed E-state index contributed by atoms with van der Waals surface area (Å²) < 4.78 is 12.6. The molecule has 0 bridgehead atoms. The molecule has 2 aliphatic carbocycles. The molecule has 212 valence electrons. The number of nitrogen functional groups attached to an aromatic ring is 1. The number of aldehydes is 1. The van der Waals surface area contributed by atoms with Crippen LogP contribution in [0.4, 0.5) is 10.6 Å². The van der Waals surface area contributed by atoms with Gasteiger partial charge < -0.3 is 19.9 Å². The summed E-state index contributed by atoms with van der Waals surface area (Å²) in [6, 6.07) is 0. The average molecular weight is 558 g/mol. The molecular formula is C28H31N9O4. The van der Waals surface area contributed by atoms with Gasteiger partial charge in [0, 0.05) is 36.8 Å². The number of ether oxygens (including phenoxy) is 1. The molecule has 4 aromatic heterocycles. The normalized spacial score (nSPS) is 18.4. The van der Waals surface area contributed by atoms with Crippen molar-refractivity contribution in [3.05, 3.63) is 30.0 Å². The highest BCUT2D eigenvalue weighted by Gasteiger charge is 2.54. The highest BCUT2D eigenvalue weighted by atomic mass is 16.6. The van der Waals surface area contributed by atoms with E-state index in [0.717, 1.165) is 42.6 Å². The third-order valence-corrected chi connectivity index (χ3v) is 8.33. The monoisotopic (exact) mass is 557 g/mol. The Morgan fingerprint density at radius 1 is 1.12 bits per heavy atom. The predicted molar refractivity (Wildman–Crippen MR) is 147 cm³/mol. The number of hydrogen-bond donors (Lipinski definition) is 1. The molecule has 0 atom stereocenters. The van der Waals surface area contributed by atoms with Crippen molar-refractivity contribution in [3.8, 4) is 22.8 Å². The Morgan fingerprint density at radius 2 is 1.85 bits per heavy atom. The van der Waals surface area contributed by atoms with E-state index in [1.165, 1.54) is 6.33 Å². The van der Waals surface area contributed by atoms with Crippen molar-refractivity contribution in [1.29, 1.82) is 0 Å². The molecule has 1 amide bonds. The van der Waals surface area contributed by atoms with Crippen molar-refractivity contribution in [2.75, 3.05) is 25.4 Å². The number of rotatable bonds is 6. The molecule has 0 aromatic carbocycles. The molecule has 1 spiro atoms. The van der Waals surface area contributed by atoms with E-state index >= 15 is 0 Å². The molecule has 5 heterocycles. The molecule has 2 N–H and O–H groups in total. The van der Waals surface area contributed by atoms with E-state index in [1.807, 2.05) is 37.8 Å². The van der Waals surface area contributed by atoms with Crippen LogP contribution >= 0.6 is 0 Å². The van der Waals surface area contributed by atoms with E-state index in [0.29, 0.717) is 59.4 Å². The molecule has 1 aliphatic heterocycles. The van der Waals surface area contributed by atoms with E-state index in [2.05, 4.69) is 15.1 Å². The number of aromatic nitrogens is 7. The van der Waals surface area contributed by atoms with Gasteiger partial charge in [-0.05, 0) is 57.9 Å². The molecule has 2 saturated carbocycles. The molecule has 13 heteroatoms. The lowest BCUT2D eigenvalue weighted by atomic mass is 9.56. The zero-order valence-corrected chi connectivity index (χ0v) is 23.2. The summed E-state index contributed by atoms with van der Waals surface area (Å²) >= 11 is 0. The van der Waals surface area contributed by atoms with E-state index < -0.39 is 6.09 Å². The fraction of sp³-hybridized carbons (Fsp3) is 0.500. The van der Waals surface area contributed by atoms with Gasteiger partial charge in [-0.2, -0.15) is 5.10 Å². The second kappa shape index (κ2) is 9.05. The average Bonchev–Trinajstić information content (AvgIpc) is 3.51. The number of carbonyl (C=O) groups excluding carboxylic acids is 2. The molecule has 3 aliphatic rings. The maximum atomic E-state index is 12.0. The van der Waals surface area contributed by atoms with Crippen molar-refractivity contribution in [2.24, 2.45) is 5.41 Å². The number of fused-ring (bicyclic) bond motifs is 1. The molecule has 4 aromatic rings. The Kier molecular flexibility index (Phi) is 5.64. The lowest BCUT2D eigenvalue weighted by Crippen LogP contribution is -2.63. The molecule has 0 unspecified atom stereocenters. The van der Waals surface area contributed by atoms with E-state index in [-0.39, 0.29) is 23.5 Å². The maximum absolute atomic E-state index is 12.0. The van der Waals surface area contributed by atoms with E-state index in [4.69, 9.17) is 30.1 Å². The first kappa shape index (κ1) is 25.5. The SMILES string of the molecule is CC(C)(C)n1nc(-c2noc(C3CC3)c2-c2ncc(C3CC4(C3)CN(C(=O)OCC=O)C4)cn2)c2c(N)ncnc21. The molecule has 13 nitrogen and oxygen atoms in total. The smallest absolute Gasteiger partial charge is 0.410 e. The first-order valence-electron chi connectivity index (χ1n) is 13.8. The van der Waals surface area contributed by atoms with Gasteiger partial charge in [0.15, 0.2) is 23.5 Å². The van der Waals surface area contributed by atoms with Crippen molar-refractivity contribution < 1.29 is 18.8 Å². The van der Waals surface area contributed by atoms with Gasteiger partial charge in [0.2, 0.25) is 0 Å². The molecule has 1 saturated heterocycles. The maximum Gasteiger partial charge on any atom is 0.410 e. The summed E-state index contributed by atoms with van der Waals surface area (Å²) in [5.74, 6) is 2.21. The van der Waals surface area contributed by atoms with Gasteiger partial charge >= 0.3 is 6.09 Å². The minimum absolute atomic E-state index is 0.110. The van der Waals surface area contributed by atoms with Crippen molar-refractivity contribution in [3.63, 3.8) is 0 Å². The third kappa shape index (κ3) is 4.21. The molecule has 7 rings (SSSR count). The number of likely N-dealkylation sites (tertiary alicyclic amines) is 1. The largest absolute Gasteiger partial charge is 0.442 e. The minimum Gasteiger partial charge on any atom is -0.442 e. The van der Waals surface area contributed by atoms with E-state index in [1.54, 1.807) is 4.90 Å². The zero-order chi connectivity index (χ0) is 28.5. The third-order valence-electron chi connectivity index (χ3n) is 8.33. The first-order valence-corrected chi connectivity index (χ1v) is 13.8. The summed E-state index contributed by atoms with van der Waals surface area (Å²) in [4.78, 5) is 42.3. The summed E-state index contributed by atoms with van der Waals surface area (Å²) in [7, 11) is 0. The Morgan fingerprint density at radius 3 is 2.51 bits per heavy atom. The topological polar surface area (TPSA) is 168 Å². The van der Waals surface area contributed by atoms with Gasteiger partial charge in [-0.3, -0.25) is 4.79 Å². The van der Waals surface area contributed by atoms with Crippen LogP contribution in [0.1, 0.15) is 69.6 Å². The number of hydrogen-bond acceptors (Lipinski definition) is 11. The highest BCUT2D eigenvalue weighted by molar-refractivity contribution is 6.00. The van der Waals surface area contributed by atoms with Gasteiger partial charge in [0.25, 0.3) is 0 Å². The Hall–Kier alpha value is -4.42. The Bertz CT molecular complexity index is 1650. The number of nitrogens with two attached hydrogens (primary N) is 1. The van der Waals surface area contributed by atoms with Crippen LogP contribution in [-0.2, 0) is 15.1 Å². The van der Waals surface area contributed by atoms with Crippen LogP contribution in [0.15, 0.2) is 23.2 Å². The van der Waals surface area contributed by atoms with Gasteiger partial charge in [-0.25, -0.2) is 29.4 Å². The summed E-state index contributed by atoms with van der Waals surface area (Å²) in [5.41, 5.74) is 9.60. The predicted octanol–water partition coefficient (Wildman–Crippen LogP) is 3.67. The Balaban J connectivity index is 1.17. The standard InChI is InChI=1S/C28H31N9O4/c1-27(2,3)37-25-19(23(29)32-14-33-25)20(34-37)21-18(22(41-35-21)15-4-5-15)24-30-10-17(11-31-24)16-8-28(9-16)12-36(13-28)26(39)40-7-6-38/h6,10-11,14-16H,4-5,7-9,12-13H2,1-3H3,(H2,29,32,33). The molecular weight excluding hydrogens is 526 g/mol. The quantitative estimate of drug-likeness (QED) is 0.343. The lowest BCUT2D eigenvalue weighted by molar-refractivity contribution is -0.111. The second-order valence-electron chi connectivity index (χ2n) is 12.5. The summed E-state index contributed by atoms with van der Waals surface area (Å²) in [5, 5.41) is 10.0. The molecule has 41 heavy (non-hydrogen) atoms. The Labute approximate surface area is 235 Å². The van der Waals surface area contributed by atoms with Crippen LogP contribution in [-0.4, -0.2) is 71.8 Å². The number of nitrogens with zero attached hydrogens (tertiary/aromatic N) is 8. The van der Waals surface area contributed by atoms with Gasteiger partial charge in [-0.1, -0.05) is 5.16 Å². The number of anilines is 1. The van der Waals surface area contributed by atoms with Crippen LogP contribution in [0.3, 0.4) is 0 Å². The second-order valence-corrected chi connectivity index (χ2v) is 12.5. The van der Waals surface area contributed by atoms with Crippen LogP contribution in [0.2, 0.25) is 0 Å². The van der Waals surface area contributed by atoms with Gasteiger partial charge in [0.1, 0.15) is 30.1 Å². The van der Waals surface area contributed by atoms with Crippen molar-refractivity contribution >= 4 is 29.2 Å². The number of carbonyl (C=O) groups is 2. The van der Waals surface area contributed by atoms with Gasteiger partial charge in [0.05, 0.1) is 16.5 Å². The minimum atomic E-state index is -0.428. The highest BCUT2D eigenvalue weighted by Crippen LogP contribution is 2.56. The van der Waals surface area contributed by atoms with Crippen molar-refractivity contribution in [2.45, 2.75) is 63.8 Å². The van der Waals surface area contributed by atoms with E-state index in [9.17, 15) is 9.59 Å². The fourth-order valence-electron chi connectivity index (χ4n) is 6.16. The fourth-order valence-corrected chi connectivity index (χ4v) is 6.16. The molecule has 3 fully saturated rings. The zero-order valence-electron chi connectivity index (χ0n) is 23.2. The summed E-state index contributed by atoms with van der Waals surface area (Å²) in [6.45, 7) is 7.24. The number of amides is 1. The summed E-state index contributed by atoms with van der Waals surface area (Å²) in [6.07, 6.45) is 9.30. The van der Waals surface area contributed by atoms with Crippen LogP contribution in [0, 0.1) is 5.41 Å². The van der Waals surface area contributed by atoms with Crippen LogP contribution in [0.5, 0.6) is 0 Å². The van der Waals surface area contributed by atoms with Crippen LogP contribution < -0.4 is 5.73 Å².